The maximum absolute atomic E-state index is 11.6. The first kappa shape index (κ1) is 9.24. The zero-order valence-corrected chi connectivity index (χ0v) is 8.72. The van der Waals surface area contributed by atoms with Crippen molar-refractivity contribution in [3.63, 3.8) is 0 Å². The van der Waals surface area contributed by atoms with Crippen molar-refractivity contribution in [1.29, 1.82) is 0 Å². The van der Waals surface area contributed by atoms with Crippen LogP contribution >= 0.6 is 0 Å². The van der Waals surface area contributed by atoms with Crippen LogP contribution < -0.4 is 10.9 Å². The lowest BCUT2D eigenvalue weighted by Gasteiger charge is -2.28. The number of aromatic amines is 1. The molecular weight excluding hydrogens is 178 g/mol. The summed E-state index contributed by atoms with van der Waals surface area (Å²) >= 11 is 0. The van der Waals surface area contributed by atoms with E-state index in [0.717, 1.165) is 17.8 Å². The van der Waals surface area contributed by atoms with Crippen molar-refractivity contribution in [1.82, 2.24) is 9.97 Å². The predicted octanol–water partition coefficient (Wildman–Crippen LogP) is 1.07. The first-order valence-corrected chi connectivity index (χ1v) is 4.94. The third-order valence-electron chi connectivity index (χ3n) is 2.88. The monoisotopic (exact) mass is 193 g/mol. The van der Waals surface area contributed by atoms with Crippen LogP contribution in [0.25, 0.3) is 0 Å². The minimum Gasteiger partial charge on any atom is -0.367 e. The van der Waals surface area contributed by atoms with E-state index in [0.29, 0.717) is 17.8 Å². The van der Waals surface area contributed by atoms with Crippen LogP contribution in [-0.2, 0) is 6.42 Å². The molecule has 2 N–H and O–H groups in total. The topological polar surface area (TPSA) is 57.8 Å². The average Bonchev–Trinajstić information content (AvgIpc) is 2.08. The molecule has 0 saturated carbocycles. The molecule has 0 aliphatic carbocycles. The van der Waals surface area contributed by atoms with Crippen molar-refractivity contribution in [2.45, 2.75) is 33.2 Å². The van der Waals surface area contributed by atoms with Gasteiger partial charge in [0.05, 0.1) is 5.56 Å². The molecule has 4 heteroatoms. The molecule has 2 unspecified atom stereocenters. The molecule has 76 valence electrons. The Kier molecular flexibility index (Phi) is 2.06. The van der Waals surface area contributed by atoms with Gasteiger partial charge in [-0.2, -0.15) is 0 Å². The number of nitrogens with one attached hydrogen (secondary N) is 2. The van der Waals surface area contributed by atoms with Crippen LogP contribution in [0.15, 0.2) is 4.79 Å². The zero-order chi connectivity index (χ0) is 10.3. The van der Waals surface area contributed by atoms with Crippen LogP contribution in [0, 0.1) is 12.8 Å². The number of rotatable bonds is 0. The molecular formula is C10H15N3O. The molecule has 2 atom stereocenters. The highest BCUT2D eigenvalue weighted by Gasteiger charge is 2.24. The molecule has 14 heavy (non-hydrogen) atoms. The van der Waals surface area contributed by atoms with Crippen LogP contribution in [0.3, 0.4) is 0 Å². The molecule has 1 aromatic heterocycles. The summed E-state index contributed by atoms with van der Waals surface area (Å²) in [5.41, 5.74) is 0.792. The van der Waals surface area contributed by atoms with Gasteiger partial charge in [0.1, 0.15) is 11.6 Å². The number of fused-ring (bicyclic) bond motifs is 1. The van der Waals surface area contributed by atoms with E-state index in [2.05, 4.69) is 29.1 Å². The second-order valence-corrected chi connectivity index (χ2v) is 4.09. The normalized spacial score (nSPS) is 25.4. The van der Waals surface area contributed by atoms with Crippen LogP contribution in [0.2, 0.25) is 0 Å². The van der Waals surface area contributed by atoms with Gasteiger partial charge in [-0.15, -0.1) is 0 Å². The number of anilines is 1. The van der Waals surface area contributed by atoms with Gasteiger partial charge in [0.2, 0.25) is 0 Å². The van der Waals surface area contributed by atoms with E-state index >= 15 is 0 Å². The van der Waals surface area contributed by atoms with Crippen molar-refractivity contribution in [3.05, 3.63) is 21.7 Å². The molecule has 4 nitrogen and oxygen atoms in total. The first-order chi connectivity index (χ1) is 6.58. The Labute approximate surface area is 82.8 Å². The number of aryl methyl sites for hydroxylation is 1. The maximum Gasteiger partial charge on any atom is 0.256 e. The number of nitrogens with zero attached hydrogens (tertiary/aromatic N) is 1. The van der Waals surface area contributed by atoms with Gasteiger partial charge < -0.3 is 10.3 Å². The number of hydrogen-bond donors (Lipinski definition) is 2. The molecule has 0 bridgehead atoms. The van der Waals surface area contributed by atoms with Gasteiger partial charge in [-0.3, -0.25) is 4.79 Å². The van der Waals surface area contributed by atoms with Crippen molar-refractivity contribution < 1.29 is 0 Å². The largest absolute Gasteiger partial charge is 0.367 e. The fourth-order valence-electron chi connectivity index (χ4n) is 1.78. The zero-order valence-electron chi connectivity index (χ0n) is 8.72. The Morgan fingerprint density at radius 3 is 2.86 bits per heavy atom. The van der Waals surface area contributed by atoms with Gasteiger partial charge in [-0.1, -0.05) is 6.92 Å². The van der Waals surface area contributed by atoms with Gasteiger partial charge in [0.15, 0.2) is 0 Å². The van der Waals surface area contributed by atoms with Gasteiger partial charge in [0.25, 0.3) is 5.56 Å². The highest BCUT2D eigenvalue weighted by Crippen LogP contribution is 2.23. The molecule has 0 aromatic carbocycles. The van der Waals surface area contributed by atoms with Crippen LogP contribution in [0.4, 0.5) is 5.82 Å². The Bertz CT molecular complexity index is 410. The van der Waals surface area contributed by atoms with Gasteiger partial charge in [0, 0.05) is 6.04 Å². The maximum atomic E-state index is 11.6. The highest BCUT2D eigenvalue weighted by molar-refractivity contribution is 5.46. The smallest absolute Gasteiger partial charge is 0.256 e. The van der Waals surface area contributed by atoms with Crippen molar-refractivity contribution >= 4 is 5.82 Å². The molecule has 0 saturated heterocycles. The Morgan fingerprint density at radius 1 is 1.43 bits per heavy atom. The quantitative estimate of drug-likeness (QED) is 0.648. The SMILES string of the molecule is Cc1nc2c(c(=O)[nH]1)CC(C)C(C)N2. The predicted molar refractivity (Wildman–Crippen MR) is 55.5 cm³/mol. The molecule has 2 heterocycles. The van der Waals surface area contributed by atoms with Crippen LogP contribution in [0.5, 0.6) is 0 Å². The van der Waals surface area contributed by atoms with E-state index in [1.165, 1.54) is 0 Å². The van der Waals surface area contributed by atoms with E-state index in [4.69, 9.17) is 0 Å². The molecule has 1 aliphatic heterocycles. The van der Waals surface area contributed by atoms with Gasteiger partial charge in [-0.05, 0) is 26.2 Å². The van der Waals surface area contributed by atoms with Gasteiger partial charge in [-0.25, -0.2) is 4.98 Å². The minimum atomic E-state index is -0.00116. The fourth-order valence-corrected chi connectivity index (χ4v) is 1.78. The standard InChI is InChI=1S/C10H15N3O/c1-5-4-8-9(11-6(5)2)12-7(3)13-10(8)14/h5-6H,4H2,1-3H3,(H2,11,12,13,14). The summed E-state index contributed by atoms with van der Waals surface area (Å²) < 4.78 is 0. The summed E-state index contributed by atoms with van der Waals surface area (Å²) in [5.74, 6) is 1.91. The lowest BCUT2D eigenvalue weighted by Crippen LogP contribution is -2.35. The fraction of sp³-hybridized carbons (Fsp3) is 0.600. The van der Waals surface area contributed by atoms with E-state index in [1.54, 1.807) is 6.92 Å². The van der Waals surface area contributed by atoms with E-state index in [9.17, 15) is 4.79 Å². The Hall–Kier alpha value is -1.32. The summed E-state index contributed by atoms with van der Waals surface area (Å²) in [7, 11) is 0. The van der Waals surface area contributed by atoms with E-state index < -0.39 is 0 Å². The molecule has 2 rings (SSSR count). The van der Waals surface area contributed by atoms with Crippen molar-refractivity contribution in [2.24, 2.45) is 5.92 Å². The minimum absolute atomic E-state index is 0.00116. The summed E-state index contributed by atoms with van der Waals surface area (Å²) in [6.45, 7) is 6.05. The Morgan fingerprint density at radius 2 is 2.14 bits per heavy atom. The number of H-pyrrole nitrogens is 1. The first-order valence-electron chi connectivity index (χ1n) is 4.94. The molecule has 0 spiro atoms. The van der Waals surface area contributed by atoms with Crippen LogP contribution in [0.1, 0.15) is 25.2 Å². The second-order valence-electron chi connectivity index (χ2n) is 4.09. The highest BCUT2D eigenvalue weighted by atomic mass is 16.1. The summed E-state index contributed by atoms with van der Waals surface area (Å²) in [6, 6.07) is 0.385. The van der Waals surface area contributed by atoms with E-state index in [1.807, 2.05) is 0 Å². The molecule has 1 aliphatic rings. The summed E-state index contributed by atoms with van der Waals surface area (Å²) in [4.78, 5) is 18.6. The molecule has 0 amide bonds. The molecule has 0 radical (unpaired) electrons. The third-order valence-corrected chi connectivity index (χ3v) is 2.88. The summed E-state index contributed by atoms with van der Waals surface area (Å²) in [5, 5.41) is 3.26. The average molecular weight is 193 g/mol. The van der Waals surface area contributed by atoms with Crippen molar-refractivity contribution in [3.8, 4) is 0 Å². The van der Waals surface area contributed by atoms with Crippen LogP contribution in [-0.4, -0.2) is 16.0 Å². The molecule has 1 aromatic rings. The van der Waals surface area contributed by atoms with E-state index in [-0.39, 0.29) is 5.56 Å². The van der Waals surface area contributed by atoms with Gasteiger partial charge >= 0.3 is 0 Å². The Balaban J connectivity index is 2.52. The number of aromatic nitrogens is 2. The summed E-state index contributed by atoms with van der Waals surface area (Å²) in [6.07, 6.45) is 0.812. The van der Waals surface area contributed by atoms with Crippen molar-refractivity contribution in [2.75, 3.05) is 5.32 Å². The molecule has 0 fully saturated rings. The lowest BCUT2D eigenvalue weighted by molar-refractivity contribution is 0.484. The lowest BCUT2D eigenvalue weighted by atomic mass is 9.92. The second kappa shape index (κ2) is 3.12. The number of hydrogen-bond acceptors (Lipinski definition) is 3. The third kappa shape index (κ3) is 1.41.